The summed E-state index contributed by atoms with van der Waals surface area (Å²) in [6.07, 6.45) is 0.466. The van der Waals surface area contributed by atoms with E-state index in [1.165, 1.54) is 0 Å². The van der Waals surface area contributed by atoms with Gasteiger partial charge in [0.1, 0.15) is 11.6 Å². The van der Waals surface area contributed by atoms with Crippen molar-refractivity contribution in [1.82, 2.24) is 9.97 Å². The fourth-order valence-corrected chi connectivity index (χ4v) is 2.96. The molecule has 162 valence electrons. The van der Waals surface area contributed by atoms with Crippen LogP contribution in [0, 0.1) is 12.3 Å². The minimum Gasteiger partial charge on any atom is -0.497 e. The van der Waals surface area contributed by atoms with Crippen molar-refractivity contribution in [3.8, 4) is 5.75 Å². The molecule has 0 unspecified atom stereocenters. The summed E-state index contributed by atoms with van der Waals surface area (Å²) >= 11 is 0. The first kappa shape index (κ1) is 22.1. The number of rotatable bonds is 7. The molecule has 1 aromatic heterocycles. The van der Waals surface area contributed by atoms with Crippen LogP contribution >= 0.6 is 0 Å². The number of benzene rings is 2. The van der Waals surface area contributed by atoms with Gasteiger partial charge in [0.15, 0.2) is 0 Å². The molecule has 0 radical (unpaired) electrons. The van der Waals surface area contributed by atoms with Crippen molar-refractivity contribution in [3.05, 3.63) is 60.3 Å². The average Bonchev–Trinajstić information content (AvgIpc) is 2.68. The molecule has 1 amide bonds. The molecule has 31 heavy (non-hydrogen) atoms. The van der Waals surface area contributed by atoms with Crippen molar-refractivity contribution < 1.29 is 9.53 Å². The highest BCUT2D eigenvalue weighted by Crippen LogP contribution is 2.23. The number of hydrogen-bond donors (Lipinski definition) is 3. The maximum atomic E-state index is 12.1. The van der Waals surface area contributed by atoms with Gasteiger partial charge in [-0.15, -0.1) is 0 Å². The molecule has 0 aliphatic carbocycles. The summed E-state index contributed by atoms with van der Waals surface area (Å²) in [5.41, 5.74) is 3.27. The van der Waals surface area contributed by atoms with Gasteiger partial charge in [0.2, 0.25) is 11.9 Å². The Hall–Kier alpha value is -3.61. The van der Waals surface area contributed by atoms with E-state index in [-0.39, 0.29) is 11.3 Å². The topological polar surface area (TPSA) is 88.2 Å². The lowest BCUT2D eigenvalue weighted by Crippen LogP contribution is -2.19. The van der Waals surface area contributed by atoms with Gasteiger partial charge in [0, 0.05) is 35.2 Å². The second-order valence-corrected chi connectivity index (χ2v) is 8.56. The van der Waals surface area contributed by atoms with Crippen molar-refractivity contribution in [2.45, 2.75) is 34.1 Å². The third-order valence-corrected chi connectivity index (χ3v) is 4.33. The predicted octanol–water partition coefficient (Wildman–Crippen LogP) is 5.66. The fourth-order valence-electron chi connectivity index (χ4n) is 2.96. The average molecular weight is 420 g/mol. The molecule has 0 atom stereocenters. The molecule has 0 saturated heterocycles. The Morgan fingerprint density at radius 1 is 0.903 bits per heavy atom. The van der Waals surface area contributed by atoms with Crippen molar-refractivity contribution in [3.63, 3.8) is 0 Å². The van der Waals surface area contributed by atoms with Crippen molar-refractivity contribution in [1.29, 1.82) is 0 Å². The molecule has 0 spiro atoms. The molecule has 0 aliphatic heterocycles. The molecule has 1 heterocycles. The molecular formula is C24H29N5O2. The number of ether oxygens (including phenoxy) is 1. The minimum absolute atomic E-state index is 0.00414. The van der Waals surface area contributed by atoms with Gasteiger partial charge in [-0.1, -0.05) is 20.8 Å². The Kier molecular flexibility index (Phi) is 6.74. The van der Waals surface area contributed by atoms with Crippen LogP contribution in [0.3, 0.4) is 0 Å². The van der Waals surface area contributed by atoms with Gasteiger partial charge in [-0.2, -0.15) is 4.98 Å². The first-order chi connectivity index (χ1) is 14.7. The van der Waals surface area contributed by atoms with Crippen LogP contribution in [0.1, 0.15) is 32.9 Å². The third-order valence-electron chi connectivity index (χ3n) is 4.33. The Morgan fingerprint density at radius 3 is 2.10 bits per heavy atom. The van der Waals surface area contributed by atoms with Crippen LogP contribution in [-0.4, -0.2) is 23.0 Å². The molecular weight excluding hydrogens is 390 g/mol. The lowest BCUT2D eigenvalue weighted by Gasteiger charge is -2.17. The largest absolute Gasteiger partial charge is 0.497 e. The number of carbonyl (C=O) groups excluding carboxylic acids is 1. The quantitative estimate of drug-likeness (QED) is 0.458. The zero-order valence-corrected chi connectivity index (χ0v) is 18.6. The second kappa shape index (κ2) is 9.47. The molecule has 0 saturated carbocycles. The van der Waals surface area contributed by atoms with Crippen LogP contribution in [0.2, 0.25) is 0 Å². The molecule has 7 heteroatoms. The van der Waals surface area contributed by atoms with Crippen LogP contribution in [0.25, 0.3) is 0 Å². The summed E-state index contributed by atoms with van der Waals surface area (Å²) in [5.74, 6) is 1.97. The molecule has 0 bridgehead atoms. The normalized spacial score (nSPS) is 11.0. The number of nitrogens with one attached hydrogen (secondary N) is 3. The maximum absolute atomic E-state index is 12.1. The van der Waals surface area contributed by atoms with Crippen LogP contribution in [0.15, 0.2) is 54.6 Å². The van der Waals surface area contributed by atoms with E-state index in [1.54, 1.807) is 7.11 Å². The summed E-state index contributed by atoms with van der Waals surface area (Å²) in [6, 6.07) is 17.0. The molecule has 7 nitrogen and oxygen atoms in total. The lowest BCUT2D eigenvalue weighted by atomic mass is 9.92. The number of aryl methyl sites for hydroxylation is 1. The summed E-state index contributed by atoms with van der Waals surface area (Å²) in [4.78, 5) is 21.1. The molecule has 3 rings (SSSR count). The predicted molar refractivity (Wildman–Crippen MR) is 125 cm³/mol. The zero-order valence-electron chi connectivity index (χ0n) is 18.6. The molecule has 0 fully saturated rings. The standard InChI is InChI=1S/C24H29N5O2/c1-16-14-21(26-17-10-12-20(31-5)13-11-17)29-23(25-16)28-19-8-6-18(7-9-19)27-22(30)15-24(2,3)4/h6-14H,15H2,1-5H3,(H,27,30)(H2,25,26,28,29). The number of nitrogens with zero attached hydrogens (tertiary/aromatic N) is 2. The SMILES string of the molecule is COc1ccc(Nc2cc(C)nc(Nc3ccc(NC(=O)CC(C)(C)C)cc3)n2)cc1. The Bertz CT molecular complexity index is 1030. The number of methoxy groups -OCH3 is 1. The Balaban J connectivity index is 1.66. The van der Waals surface area contributed by atoms with E-state index >= 15 is 0 Å². The van der Waals surface area contributed by atoms with Crippen LogP contribution < -0.4 is 20.7 Å². The Morgan fingerprint density at radius 2 is 1.48 bits per heavy atom. The van der Waals surface area contributed by atoms with E-state index in [4.69, 9.17) is 4.74 Å². The zero-order chi connectivity index (χ0) is 22.4. The highest BCUT2D eigenvalue weighted by molar-refractivity contribution is 5.91. The highest BCUT2D eigenvalue weighted by atomic mass is 16.5. The summed E-state index contributed by atoms with van der Waals surface area (Å²) < 4.78 is 5.19. The molecule has 0 aliphatic rings. The molecule has 2 aromatic carbocycles. The van der Waals surface area contributed by atoms with Gasteiger partial charge >= 0.3 is 0 Å². The van der Waals surface area contributed by atoms with E-state index in [2.05, 4.69) is 25.9 Å². The summed E-state index contributed by atoms with van der Waals surface area (Å²) in [6.45, 7) is 8.04. The minimum atomic E-state index is -0.0500. The Labute approximate surface area is 183 Å². The number of amides is 1. The van der Waals surface area contributed by atoms with Crippen molar-refractivity contribution >= 4 is 34.7 Å². The third kappa shape index (κ3) is 6.99. The number of aromatic nitrogens is 2. The summed E-state index contributed by atoms with van der Waals surface area (Å²) in [5, 5.41) is 9.42. The highest BCUT2D eigenvalue weighted by Gasteiger charge is 2.15. The van der Waals surface area contributed by atoms with E-state index in [0.29, 0.717) is 18.2 Å². The van der Waals surface area contributed by atoms with Gasteiger partial charge in [0.05, 0.1) is 7.11 Å². The monoisotopic (exact) mass is 419 g/mol. The fraction of sp³-hybridized carbons (Fsp3) is 0.292. The van der Waals surface area contributed by atoms with Crippen LogP contribution in [0.4, 0.5) is 28.8 Å². The molecule has 3 aromatic rings. The second-order valence-electron chi connectivity index (χ2n) is 8.56. The molecule has 3 N–H and O–H groups in total. The lowest BCUT2D eigenvalue weighted by molar-refractivity contribution is -0.117. The van der Waals surface area contributed by atoms with Crippen molar-refractivity contribution in [2.24, 2.45) is 5.41 Å². The van der Waals surface area contributed by atoms with E-state index in [1.807, 2.05) is 82.3 Å². The van der Waals surface area contributed by atoms with Crippen molar-refractivity contribution in [2.75, 3.05) is 23.1 Å². The smallest absolute Gasteiger partial charge is 0.229 e. The van der Waals surface area contributed by atoms with Crippen LogP contribution in [-0.2, 0) is 4.79 Å². The number of hydrogen-bond acceptors (Lipinski definition) is 6. The van der Waals surface area contributed by atoms with E-state index < -0.39 is 0 Å². The first-order valence-electron chi connectivity index (χ1n) is 10.1. The van der Waals surface area contributed by atoms with Gasteiger partial charge in [0.25, 0.3) is 0 Å². The first-order valence-corrected chi connectivity index (χ1v) is 10.1. The van der Waals surface area contributed by atoms with Gasteiger partial charge in [-0.05, 0) is 60.9 Å². The maximum Gasteiger partial charge on any atom is 0.229 e. The van der Waals surface area contributed by atoms with Gasteiger partial charge in [-0.25, -0.2) is 4.98 Å². The summed E-state index contributed by atoms with van der Waals surface area (Å²) in [7, 11) is 1.64. The van der Waals surface area contributed by atoms with E-state index in [9.17, 15) is 4.79 Å². The van der Waals surface area contributed by atoms with Gasteiger partial charge in [-0.3, -0.25) is 4.79 Å². The number of anilines is 5. The number of carbonyl (C=O) groups is 1. The van der Waals surface area contributed by atoms with Crippen LogP contribution in [0.5, 0.6) is 5.75 Å². The van der Waals surface area contributed by atoms with Gasteiger partial charge < -0.3 is 20.7 Å². The van der Waals surface area contributed by atoms with E-state index in [0.717, 1.165) is 28.5 Å².